The molecule has 0 aliphatic rings. The van der Waals surface area contributed by atoms with E-state index in [4.69, 9.17) is 4.74 Å². The van der Waals surface area contributed by atoms with Crippen molar-refractivity contribution in [2.75, 3.05) is 12.4 Å². The molecule has 0 spiro atoms. The Balaban J connectivity index is 1.99. The summed E-state index contributed by atoms with van der Waals surface area (Å²) >= 11 is 5.16. The molecular weight excluding hydrogens is 288 g/mol. The Kier molecular flexibility index (Phi) is 3.79. The Morgan fingerprint density at radius 2 is 2.38 bits per heavy atom. The largest absolute Gasteiger partial charge is 0.481 e. The molecule has 0 aromatic carbocycles. The van der Waals surface area contributed by atoms with Gasteiger partial charge < -0.3 is 10.1 Å². The van der Waals surface area contributed by atoms with Crippen molar-refractivity contribution in [2.45, 2.75) is 6.54 Å². The predicted molar refractivity (Wildman–Crippen MR) is 70.1 cm³/mol. The highest BCUT2D eigenvalue weighted by molar-refractivity contribution is 9.10. The van der Waals surface area contributed by atoms with E-state index in [2.05, 4.69) is 37.7 Å². The number of hydrogen-bond donors (Lipinski definition) is 1. The predicted octanol–water partition coefficient (Wildman–Crippen LogP) is 3.53. The molecule has 0 fully saturated rings. The summed E-state index contributed by atoms with van der Waals surface area (Å²) < 4.78 is 6.18. The van der Waals surface area contributed by atoms with Crippen LogP contribution in [0.3, 0.4) is 0 Å². The minimum Gasteiger partial charge on any atom is -0.481 e. The zero-order chi connectivity index (χ0) is 11.4. The lowest BCUT2D eigenvalue weighted by atomic mass is 10.4. The maximum atomic E-state index is 5.05. The van der Waals surface area contributed by atoms with E-state index in [1.165, 1.54) is 4.88 Å². The van der Waals surface area contributed by atoms with Crippen molar-refractivity contribution in [3.63, 3.8) is 0 Å². The number of thiophene rings is 1. The van der Waals surface area contributed by atoms with Crippen LogP contribution in [-0.4, -0.2) is 12.1 Å². The van der Waals surface area contributed by atoms with Crippen molar-refractivity contribution in [3.8, 4) is 5.88 Å². The third-order valence-corrected chi connectivity index (χ3v) is 3.73. The Labute approximate surface area is 107 Å². The maximum Gasteiger partial charge on any atom is 0.214 e. The molecule has 0 radical (unpaired) electrons. The van der Waals surface area contributed by atoms with Gasteiger partial charge in [0.1, 0.15) is 0 Å². The number of methoxy groups -OCH3 is 1. The quantitative estimate of drug-likeness (QED) is 0.938. The summed E-state index contributed by atoms with van der Waals surface area (Å²) in [6.45, 7) is 0.809. The molecule has 0 aliphatic heterocycles. The fraction of sp³-hybridized carbons (Fsp3) is 0.182. The van der Waals surface area contributed by atoms with Crippen LogP contribution in [0.5, 0.6) is 5.88 Å². The fourth-order valence-corrected chi connectivity index (χ4v) is 2.66. The monoisotopic (exact) mass is 298 g/mol. The van der Waals surface area contributed by atoms with Crippen molar-refractivity contribution in [2.24, 2.45) is 0 Å². The molecule has 2 aromatic rings. The van der Waals surface area contributed by atoms with Gasteiger partial charge in [-0.25, -0.2) is 4.98 Å². The Morgan fingerprint density at radius 1 is 1.50 bits per heavy atom. The Hall–Kier alpha value is -1.07. The third-order valence-electron chi connectivity index (χ3n) is 2.03. The van der Waals surface area contributed by atoms with Crippen LogP contribution in [0.1, 0.15) is 4.88 Å². The molecule has 5 heteroatoms. The van der Waals surface area contributed by atoms with Gasteiger partial charge in [0.25, 0.3) is 0 Å². The molecule has 2 rings (SSSR count). The fourth-order valence-electron chi connectivity index (χ4n) is 1.27. The topological polar surface area (TPSA) is 34.1 Å². The van der Waals surface area contributed by atoms with E-state index in [1.54, 1.807) is 24.6 Å². The molecular formula is C11H11BrN2OS. The number of hydrogen-bond acceptors (Lipinski definition) is 4. The first-order valence-corrected chi connectivity index (χ1v) is 6.42. The van der Waals surface area contributed by atoms with Gasteiger partial charge in [-0.05, 0) is 28.1 Å². The standard InChI is InChI=1S/C11H11BrN2OS/c1-15-11-5-9(2-3-13-11)14-6-10-4-8(12)7-16-10/h2-5,7H,6H2,1H3,(H,13,14). The van der Waals surface area contributed by atoms with Gasteiger partial charge in [0.05, 0.1) is 7.11 Å². The van der Waals surface area contributed by atoms with Gasteiger partial charge in [0.15, 0.2) is 0 Å². The SMILES string of the molecule is COc1cc(NCc2cc(Br)cs2)ccn1. The molecule has 16 heavy (non-hydrogen) atoms. The molecule has 84 valence electrons. The van der Waals surface area contributed by atoms with Crippen LogP contribution >= 0.6 is 27.3 Å². The van der Waals surface area contributed by atoms with Crippen LogP contribution < -0.4 is 10.1 Å². The first kappa shape index (κ1) is 11.4. The smallest absolute Gasteiger partial charge is 0.214 e. The summed E-state index contributed by atoms with van der Waals surface area (Å²) in [6, 6.07) is 5.91. The number of nitrogens with one attached hydrogen (secondary N) is 1. The number of rotatable bonds is 4. The molecule has 0 aliphatic carbocycles. The van der Waals surface area contributed by atoms with E-state index in [-0.39, 0.29) is 0 Å². The summed E-state index contributed by atoms with van der Waals surface area (Å²) in [4.78, 5) is 5.33. The lowest BCUT2D eigenvalue weighted by molar-refractivity contribution is 0.398. The zero-order valence-corrected chi connectivity index (χ0v) is 11.1. The van der Waals surface area contributed by atoms with Gasteiger partial charge in [-0.3, -0.25) is 0 Å². The first-order chi connectivity index (χ1) is 7.78. The van der Waals surface area contributed by atoms with Gasteiger partial charge in [-0.15, -0.1) is 11.3 Å². The van der Waals surface area contributed by atoms with E-state index in [1.807, 2.05) is 12.1 Å². The minimum atomic E-state index is 0.623. The van der Waals surface area contributed by atoms with Crippen LogP contribution in [0.15, 0.2) is 34.2 Å². The van der Waals surface area contributed by atoms with Gasteiger partial charge in [0.2, 0.25) is 5.88 Å². The first-order valence-electron chi connectivity index (χ1n) is 4.75. The van der Waals surface area contributed by atoms with Crippen LogP contribution in [0.4, 0.5) is 5.69 Å². The molecule has 3 nitrogen and oxygen atoms in total. The van der Waals surface area contributed by atoms with Crippen LogP contribution in [0.25, 0.3) is 0 Å². The molecule has 2 heterocycles. The van der Waals surface area contributed by atoms with Crippen LogP contribution in [0.2, 0.25) is 0 Å². The van der Waals surface area contributed by atoms with Crippen molar-refractivity contribution in [1.29, 1.82) is 0 Å². The molecule has 2 aromatic heterocycles. The van der Waals surface area contributed by atoms with Crippen molar-refractivity contribution in [1.82, 2.24) is 4.98 Å². The van der Waals surface area contributed by atoms with Gasteiger partial charge in [0, 0.05) is 39.2 Å². The molecule has 0 bridgehead atoms. The highest BCUT2D eigenvalue weighted by Crippen LogP contribution is 2.21. The summed E-state index contributed by atoms with van der Waals surface area (Å²) in [7, 11) is 1.61. The molecule has 0 saturated carbocycles. The van der Waals surface area contributed by atoms with E-state index in [0.717, 1.165) is 16.7 Å². The highest BCUT2D eigenvalue weighted by Gasteiger charge is 1.99. The van der Waals surface area contributed by atoms with E-state index in [0.29, 0.717) is 5.88 Å². The molecule has 0 amide bonds. The number of nitrogens with zero attached hydrogens (tertiary/aromatic N) is 1. The Morgan fingerprint density at radius 3 is 3.06 bits per heavy atom. The number of ether oxygens (including phenoxy) is 1. The number of halogens is 1. The van der Waals surface area contributed by atoms with Crippen LogP contribution in [0, 0.1) is 0 Å². The normalized spacial score (nSPS) is 10.1. The number of aromatic nitrogens is 1. The van der Waals surface area contributed by atoms with E-state index >= 15 is 0 Å². The van der Waals surface area contributed by atoms with Gasteiger partial charge in [-0.1, -0.05) is 0 Å². The average molecular weight is 299 g/mol. The summed E-state index contributed by atoms with van der Waals surface area (Å²) in [5, 5.41) is 5.39. The summed E-state index contributed by atoms with van der Waals surface area (Å²) in [5.41, 5.74) is 1.01. The summed E-state index contributed by atoms with van der Waals surface area (Å²) in [5.74, 6) is 0.623. The lowest BCUT2D eigenvalue weighted by Crippen LogP contribution is -1.98. The zero-order valence-electron chi connectivity index (χ0n) is 8.74. The molecule has 0 atom stereocenters. The lowest BCUT2D eigenvalue weighted by Gasteiger charge is -2.05. The van der Waals surface area contributed by atoms with Crippen molar-refractivity contribution in [3.05, 3.63) is 39.1 Å². The van der Waals surface area contributed by atoms with Crippen LogP contribution in [-0.2, 0) is 6.54 Å². The third kappa shape index (κ3) is 2.96. The minimum absolute atomic E-state index is 0.623. The summed E-state index contributed by atoms with van der Waals surface area (Å²) in [6.07, 6.45) is 1.73. The van der Waals surface area contributed by atoms with Crippen molar-refractivity contribution >= 4 is 33.0 Å². The van der Waals surface area contributed by atoms with E-state index < -0.39 is 0 Å². The molecule has 1 N–H and O–H groups in total. The number of pyridine rings is 1. The van der Waals surface area contributed by atoms with Crippen molar-refractivity contribution < 1.29 is 4.74 Å². The second kappa shape index (κ2) is 5.32. The average Bonchev–Trinajstić information content (AvgIpc) is 2.73. The van der Waals surface area contributed by atoms with Gasteiger partial charge in [-0.2, -0.15) is 0 Å². The highest BCUT2D eigenvalue weighted by atomic mass is 79.9. The second-order valence-electron chi connectivity index (χ2n) is 3.17. The molecule has 0 unspecified atom stereocenters. The number of anilines is 1. The molecule has 0 saturated heterocycles. The van der Waals surface area contributed by atoms with E-state index in [9.17, 15) is 0 Å². The second-order valence-corrected chi connectivity index (χ2v) is 5.08. The Bertz CT molecular complexity index is 473. The maximum absolute atomic E-state index is 5.05. The van der Waals surface area contributed by atoms with Gasteiger partial charge >= 0.3 is 0 Å².